The van der Waals surface area contributed by atoms with E-state index >= 15 is 0 Å². The molecule has 0 spiro atoms. The summed E-state index contributed by atoms with van der Waals surface area (Å²) in [5.74, 6) is -0.118. The van der Waals surface area contributed by atoms with Crippen LogP contribution in [0.5, 0.6) is 0 Å². The molecule has 0 aliphatic heterocycles. The number of benzene rings is 1. The maximum absolute atomic E-state index is 12.5. The minimum atomic E-state index is -0.118. The van der Waals surface area contributed by atoms with Gasteiger partial charge in [0.15, 0.2) is 4.96 Å². The van der Waals surface area contributed by atoms with Crippen molar-refractivity contribution in [1.29, 1.82) is 0 Å². The highest BCUT2D eigenvalue weighted by Crippen LogP contribution is 2.21. The van der Waals surface area contributed by atoms with Crippen molar-refractivity contribution in [3.05, 3.63) is 58.6 Å². The van der Waals surface area contributed by atoms with Gasteiger partial charge in [-0.05, 0) is 31.5 Å². The van der Waals surface area contributed by atoms with Gasteiger partial charge in [-0.15, -0.1) is 11.3 Å². The van der Waals surface area contributed by atoms with Gasteiger partial charge in [0.1, 0.15) is 11.3 Å². The van der Waals surface area contributed by atoms with E-state index in [0.29, 0.717) is 12.2 Å². The lowest BCUT2D eigenvalue weighted by molar-refractivity contribution is 0.0944. The second-order valence-corrected chi connectivity index (χ2v) is 6.73. The van der Waals surface area contributed by atoms with Gasteiger partial charge in [-0.3, -0.25) is 9.20 Å². The average molecular weight is 325 g/mol. The van der Waals surface area contributed by atoms with Crippen LogP contribution < -0.4 is 5.32 Å². The quantitative estimate of drug-likeness (QED) is 0.625. The summed E-state index contributed by atoms with van der Waals surface area (Å²) in [5, 5.41) is 4.02. The van der Waals surface area contributed by atoms with Crippen molar-refractivity contribution in [2.45, 2.75) is 20.4 Å². The molecule has 1 amide bonds. The van der Waals surface area contributed by atoms with Crippen LogP contribution in [0.2, 0.25) is 0 Å². The van der Waals surface area contributed by atoms with E-state index in [4.69, 9.17) is 4.42 Å². The molecule has 0 unspecified atom stereocenters. The Kier molecular flexibility index (Phi) is 3.20. The van der Waals surface area contributed by atoms with Gasteiger partial charge in [0.25, 0.3) is 5.91 Å². The molecule has 6 heteroatoms. The fourth-order valence-electron chi connectivity index (χ4n) is 2.71. The second-order valence-electron chi connectivity index (χ2n) is 5.52. The molecular formula is C17H15N3O2S. The van der Waals surface area contributed by atoms with Crippen LogP contribution in [0.25, 0.3) is 15.9 Å². The Hall–Kier alpha value is -2.60. The first-order valence-electron chi connectivity index (χ1n) is 7.31. The molecule has 0 fully saturated rings. The first-order valence-corrected chi connectivity index (χ1v) is 8.13. The molecule has 116 valence electrons. The number of hydrogen-bond acceptors (Lipinski definition) is 4. The summed E-state index contributed by atoms with van der Waals surface area (Å²) in [7, 11) is 0. The number of nitrogens with one attached hydrogen (secondary N) is 1. The Balaban J connectivity index is 1.57. The van der Waals surface area contributed by atoms with Crippen molar-refractivity contribution in [1.82, 2.24) is 14.7 Å². The van der Waals surface area contributed by atoms with E-state index in [1.54, 1.807) is 17.6 Å². The van der Waals surface area contributed by atoms with Crippen LogP contribution in [0.4, 0.5) is 0 Å². The standard InChI is InChI=1S/C17H15N3O2S/c1-10-9-20-15(11(2)19-17(20)23-10)16(21)18-8-12-3-4-13-5-6-22-14(13)7-12/h3-7,9H,8H2,1-2H3,(H,18,21). The minimum absolute atomic E-state index is 0.118. The van der Waals surface area contributed by atoms with Crippen molar-refractivity contribution in [3.63, 3.8) is 0 Å². The zero-order valence-electron chi connectivity index (χ0n) is 12.8. The van der Waals surface area contributed by atoms with Crippen LogP contribution in [0.15, 0.2) is 41.1 Å². The topological polar surface area (TPSA) is 59.5 Å². The monoisotopic (exact) mass is 325 g/mol. The van der Waals surface area contributed by atoms with Gasteiger partial charge in [-0.1, -0.05) is 12.1 Å². The van der Waals surface area contributed by atoms with Crippen LogP contribution in [-0.2, 0) is 6.54 Å². The van der Waals surface area contributed by atoms with Gasteiger partial charge >= 0.3 is 0 Å². The maximum Gasteiger partial charge on any atom is 0.270 e. The smallest absolute Gasteiger partial charge is 0.270 e. The normalized spacial score (nSPS) is 11.4. The Labute approximate surface area is 136 Å². The first kappa shape index (κ1) is 14.0. The fourth-order valence-corrected chi connectivity index (χ4v) is 3.58. The van der Waals surface area contributed by atoms with Crippen molar-refractivity contribution >= 4 is 33.2 Å². The van der Waals surface area contributed by atoms with Crippen LogP contribution in [0.3, 0.4) is 0 Å². The maximum atomic E-state index is 12.5. The number of carbonyl (C=O) groups is 1. The SMILES string of the molecule is Cc1cn2c(C(=O)NCc3ccc4ccoc4c3)c(C)nc2s1. The number of amides is 1. The van der Waals surface area contributed by atoms with E-state index in [1.165, 1.54) is 0 Å². The predicted octanol–water partition coefficient (Wildman–Crippen LogP) is 3.69. The number of rotatable bonds is 3. The summed E-state index contributed by atoms with van der Waals surface area (Å²) in [5.41, 5.74) is 3.17. The molecule has 0 aliphatic rings. The van der Waals surface area contributed by atoms with E-state index in [1.807, 2.05) is 48.7 Å². The minimum Gasteiger partial charge on any atom is -0.464 e. The Morgan fingerprint density at radius 1 is 1.35 bits per heavy atom. The summed E-state index contributed by atoms with van der Waals surface area (Å²) >= 11 is 1.58. The summed E-state index contributed by atoms with van der Waals surface area (Å²) in [6, 6.07) is 7.85. The third-order valence-electron chi connectivity index (χ3n) is 3.80. The molecule has 1 aromatic carbocycles. The van der Waals surface area contributed by atoms with Crippen LogP contribution in [0, 0.1) is 13.8 Å². The van der Waals surface area contributed by atoms with Gasteiger partial charge in [-0.25, -0.2) is 4.98 Å². The molecular weight excluding hydrogens is 310 g/mol. The fraction of sp³-hybridized carbons (Fsp3) is 0.176. The number of aromatic nitrogens is 2. The van der Waals surface area contributed by atoms with E-state index in [-0.39, 0.29) is 5.91 Å². The molecule has 0 atom stereocenters. The highest BCUT2D eigenvalue weighted by molar-refractivity contribution is 7.17. The number of fused-ring (bicyclic) bond motifs is 2. The van der Waals surface area contributed by atoms with E-state index in [0.717, 1.165) is 32.1 Å². The highest BCUT2D eigenvalue weighted by Gasteiger charge is 2.17. The van der Waals surface area contributed by atoms with Crippen molar-refractivity contribution in [2.75, 3.05) is 0 Å². The second kappa shape index (κ2) is 5.24. The summed E-state index contributed by atoms with van der Waals surface area (Å²) in [6.07, 6.45) is 3.61. The van der Waals surface area contributed by atoms with Crippen LogP contribution in [0.1, 0.15) is 26.6 Å². The Bertz CT molecular complexity index is 1030. The van der Waals surface area contributed by atoms with E-state index in [2.05, 4.69) is 10.3 Å². The lowest BCUT2D eigenvalue weighted by Gasteiger charge is -2.05. The molecule has 0 aliphatic carbocycles. The van der Waals surface area contributed by atoms with Crippen molar-refractivity contribution in [2.24, 2.45) is 0 Å². The zero-order valence-corrected chi connectivity index (χ0v) is 13.6. The average Bonchev–Trinajstić information content (AvgIpc) is 3.17. The zero-order chi connectivity index (χ0) is 16.0. The predicted molar refractivity (Wildman–Crippen MR) is 89.9 cm³/mol. The lowest BCUT2D eigenvalue weighted by atomic mass is 10.1. The number of nitrogens with zero attached hydrogens (tertiary/aromatic N) is 2. The van der Waals surface area contributed by atoms with Gasteiger partial charge in [-0.2, -0.15) is 0 Å². The highest BCUT2D eigenvalue weighted by atomic mass is 32.1. The molecule has 1 N–H and O–H groups in total. The molecule has 0 saturated carbocycles. The number of aryl methyl sites for hydroxylation is 2. The van der Waals surface area contributed by atoms with Gasteiger partial charge in [0.05, 0.1) is 12.0 Å². The Morgan fingerprint density at radius 2 is 2.22 bits per heavy atom. The molecule has 4 rings (SSSR count). The summed E-state index contributed by atoms with van der Waals surface area (Å²) in [6.45, 7) is 4.32. The van der Waals surface area contributed by atoms with Crippen LogP contribution in [-0.4, -0.2) is 15.3 Å². The lowest BCUT2D eigenvalue weighted by Crippen LogP contribution is -2.24. The number of hydrogen-bond donors (Lipinski definition) is 1. The number of furan rings is 1. The third kappa shape index (κ3) is 2.41. The molecule has 4 aromatic rings. The first-order chi connectivity index (χ1) is 11.1. The number of imidazole rings is 1. The number of carbonyl (C=O) groups excluding carboxylic acids is 1. The molecule has 3 aromatic heterocycles. The summed E-state index contributed by atoms with van der Waals surface area (Å²) < 4.78 is 7.25. The van der Waals surface area contributed by atoms with Crippen molar-refractivity contribution in [3.8, 4) is 0 Å². The summed E-state index contributed by atoms with van der Waals surface area (Å²) in [4.78, 5) is 19.0. The molecule has 23 heavy (non-hydrogen) atoms. The molecule has 0 bridgehead atoms. The van der Waals surface area contributed by atoms with E-state index < -0.39 is 0 Å². The molecule has 0 saturated heterocycles. The molecule has 3 heterocycles. The van der Waals surface area contributed by atoms with Crippen LogP contribution >= 0.6 is 11.3 Å². The number of thiazole rings is 1. The Morgan fingerprint density at radius 3 is 3.09 bits per heavy atom. The molecule has 5 nitrogen and oxygen atoms in total. The van der Waals surface area contributed by atoms with Gasteiger partial charge < -0.3 is 9.73 Å². The third-order valence-corrected chi connectivity index (χ3v) is 4.70. The van der Waals surface area contributed by atoms with Gasteiger partial charge in [0.2, 0.25) is 0 Å². The van der Waals surface area contributed by atoms with Gasteiger partial charge in [0, 0.05) is 23.0 Å². The van der Waals surface area contributed by atoms with E-state index in [9.17, 15) is 4.79 Å². The molecule has 0 radical (unpaired) electrons. The largest absolute Gasteiger partial charge is 0.464 e. The van der Waals surface area contributed by atoms with Crippen molar-refractivity contribution < 1.29 is 9.21 Å².